The van der Waals surface area contributed by atoms with Crippen LogP contribution in [-0.4, -0.2) is 46.0 Å². The molecule has 20 heavy (non-hydrogen) atoms. The molecule has 6 nitrogen and oxygen atoms in total. The topological polar surface area (TPSA) is 96.5 Å². The number of nitrogens with two attached hydrogens (primary N) is 1. The highest BCUT2D eigenvalue weighted by atomic mass is 16.4. The van der Waals surface area contributed by atoms with E-state index in [1.807, 2.05) is 18.2 Å². The first kappa shape index (κ1) is 14.5. The van der Waals surface area contributed by atoms with Gasteiger partial charge in [-0.2, -0.15) is 0 Å². The highest BCUT2D eigenvalue weighted by molar-refractivity contribution is 5.82. The van der Waals surface area contributed by atoms with Gasteiger partial charge in [-0.25, -0.2) is 0 Å². The molecule has 1 aromatic heterocycles. The summed E-state index contributed by atoms with van der Waals surface area (Å²) in [5.74, 6) is -1.25. The summed E-state index contributed by atoms with van der Waals surface area (Å²) < 4.78 is 0. The summed E-state index contributed by atoms with van der Waals surface area (Å²) in [5.41, 5.74) is 6.71. The number of piperidine rings is 1. The zero-order valence-electron chi connectivity index (χ0n) is 11.2. The Morgan fingerprint density at radius 3 is 2.65 bits per heavy atom. The normalized spacial score (nSPS) is 17.8. The minimum Gasteiger partial charge on any atom is -0.481 e. The molecular weight excluding hydrogens is 258 g/mol. The molecule has 1 aliphatic rings. The number of carboxylic acids is 1. The second-order valence-electron chi connectivity index (χ2n) is 5.07. The molecule has 1 unspecified atom stereocenters. The first-order valence-corrected chi connectivity index (χ1v) is 6.75. The first-order valence-electron chi connectivity index (χ1n) is 6.75. The van der Waals surface area contributed by atoms with E-state index in [1.54, 1.807) is 11.1 Å². The van der Waals surface area contributed by atoms with E-state index in [2.05, 4.69) is 4.98 Å². The third-order valence-corrected chi connectivity index (χ3v) is 3.63. The van der Waals surface area contributed by atoms with Crippen molar-refractivity contribution in [1.29, 1.82) is 0 Å². The number of carboxylic acid groups (broad SMARTS) is 1. The van der Waals surface area contributed by atoms with Gasteiger partial charge in [0.2, 0.25) is 5.91 Å². The zero-order valence-corrected chi connectivity index (χ0v) is 11.2. The largest absolute Gasteiger partial charge is 0.481 e. The standard InChI is InChI=1S/C14H19N3O3/c15-12(9-11-3-1-2-6-16-11)13(18)17-7-4-10(5-8-17)14(19)20/h1-3,6,10,12H,4-5,7-9,15H2,(H,19,20). The molecule has 0 aliphatic carbocycles. The molecule has 2 heterocycles. The minimum atomic E-state index is -0.783. The van der Waals surface area contributed by atoms with Crippen LogP contribution >= 0.6 is 0 Å². The van der Waals surface area contributed by atoms with Crippen molar-refractivity contribution in [1.82, 2.24) is 9.88 Å². The van der Waals surface area contributed by atoms with E-state index >= 15 is 0 Å². The molecule has 108 valence electrons. The Labute approximate surface area is 117 Å². The van der Waals surface area contributed by atoms with Crippen molar-refractivity contribution < 1.29 is 14.7 Å². The Morgan fingerprint density at radius 2 is 2.10 bits per heavy atom. The maximum absolute atomic E-state index is 12.2. The highest BCUT2D eigenvalue weighted by Gasteiger charge is 2.29. The Bertz CT molecular complexity index is 470. The molecule has 0 bridgehead atoms. The molecule has 1 saturated heterocycles. The summed E-state index contributed by atoms with van der Waals surface area (Å²) >= 11 is 0. The van der Waals surface area contributed by atoms with Crippen molar-refractivity contribution in [3.8, 4) is 0 Å². The van der Waals surface area contributed by atoms with E-state index in [-0.39, 0.29) is 11.8 Å². The number of amides is 1. The van der Waals surface area contributed by atoms with Gasteiger partial charge >= 0.3 is 5.97 Å². The molecule has 6 heteroatoms. The molecule has 0 saturated carbocycles. The SMILES string of the molecule is NC(Cc1ccccn1)C(=O)N1CCC(C(=O)O)CC1. The lowest BCUT2D eigenvalue weighted by Crippen LogP contribution is -2.48. The van der Waals surface area contributed by atoms with Gasteiger partial charge in [0.25, 0.3) is 0 Å². The highest BCUT2D eigenvalue weighted by Crippen LogP contribution is 2.18. The molecule has 0 aromatic carbocycles. The van der Waals surface area contributed by atoms with E-state index in [1.165, 1.54) is 0 Å². The van der Waals surface area contributed by atoms with E-state index in [4.69, 9.17) is 10.8 Å². The molecule has 1 aromatic rings. The molecule has 1 amide bonds. The van der Waals surface area contributed by atoms with E-state index in [0.717, 1.165) is 5.69 Å². The van der Waals surface area contributed by atoms with E-state index < -0.39 is 12.0 Å². The molecule has 0 spiro atoms. The van der Waals surface area contributed by atoms with Crippen LogP contribution in [0.5, 0.6) is 0 Å². The summed E-state index contributed by atoms with van der Waals surface area (Å²) in [6.07, 6.45) is 3.07. The monoisotopic (exact) mass is 277 g/mol. The number of pyridine rings is 1. The predicted octanol–water partition coefficient (Wildman–Crippen LogP) is 0.275. The average molecular weight is 277 g/mol. The third kappa shape index (κ3) is 3.54. The number of hydrogen-bond acceptors (Lipinski definition) is 4. The van der Waals surface area contributed by atoms with E-state index in [0.29, 0.717) is 32.4 Å². The van der Waals surface area contributed by atoms with E-state index in [9.17, 15) is 9.59 Å². The number of hydrogen-bond donors (Lipinski definition) is 2. The van der Waals surface area contributed by atoms with Gasteiger partial charge in [-0.15, -0.1) is 0 Å². The van der Waals surface area contributed by atoms with Crippen molar-refractivity contribution >= 4 is 11.9 Å². The van der Waals surface area contributed by atoms with Gasteiger partial charge in [-0.3, -0.25) is 14.6 Å². The van der Waals surface area contributed by atoms with Crippen LogP contribution in [0.3, 0.4) is 0 Å². The maximum atomic E-state index is 12.2. The number of nitrogens with zero attached hydrogens (tertiary/aromatic N) is 2. The lowest BCUT2D eigenvalue weighted by atomic mass is 9.96. The van der Waals surface area contributed by atoms with Gasteiger partial charge in [0, 0.05) is 31.4 Å². The summed E-state index contributed by atoms with van der Waals surface area (Å²) in [5, 5.41) is 8.93. The van der Waals surface area contributed by atoms with Gasteiger partial charge in [0.1, 0.15) is 0 Å². The van der Waals surface area contributed by atoms with Crippen LogP contribution in [0.1, 0.15) is 18.5 Å². The molecule has 1 atom stereocenters. The lowest BCUT2D eigenvalue weighted by Gasteiger charge is -2.31. The zero-order chi connectivity index (χ0) is 14.5. The number of rotatable bonds is 4. The van der Waals surface area contributed by atoms with Crippen LogP contribution in [-0.2, 0) is 16.0 Å². The van der Waals surface area contributed by atoms with Gasteiger partial charge in [0.15, 0.2) is 0 Å². The Kier molecular flexibility index (Phi) is 4.68. The second-order valence-corrected chi connectivity index (χ2v) is 5.07. The quantitative estimate of drug-likeness (QED) is 0.823. The Morgan fingerprint density at radius 1 is 1.40 bits per heavy atom. The minimum absolute atomic E-state index is 0.125. The number of carbonyl (C=O) groups is 2. The van der Waals surface area contributed by atoms with Crippen molar-refractivity contribution in [2.24, 2.45) is 11.7 Å². The van der Waals surface area contributed by atoms with Gasteiger partial charge in [-0.1, -0.05) is 6.07 Å². The number of carbonyl (C=O) groups excluding carboxylic acids is 1. The molecule has 2 rings (SSSR count). The second kappa shape index (κ2) is 6.47. The Balaban J connectivity index is 1.87. The predicted molar refractivity (Wildman–Crippen MR) is 72.9 cm³/mol. The summed E-state index contributed by atoms with van der Waals surface area (Å²) in [6.45, 7) is 0.928. The molecule has 0 radical (unpaired) electrons. The van der Waals surface area contributed by atoms with Crippen molar-refractivity contribution in [2.75, 3.05) is 13.1 Å². The summed E-state index contributed by atoms with van der Waals surface area (Å²) in [7, 11) is 0. The van der Waals surface area contributed by atoms with Gasteiger partial charge in [-0.05, 0) is 25.0 Å². The Hall–Kier alpha value is -1.95. The van der Waals surface area contributed by atoms with Crippen LogP contribution in [0.25, 0.3) is 0 Å². The fourth-order valence-corrected chi connectivity index (χ4v) is 2.41. The van der Waals surface area contributed by atoms with Crippen LogP contribution in [0.4, 0.5) is 0 Å². The lowest BCUT2D eigenvalue weighted by molar-refractivity contribution is -0.146. The molecule has 1 aliphatic heterocycles. The van der Waals surface area contributed by atoms with Gasteiger partial charge < -0.3 is 15.7 Å². The van der Waals surface area contributed by atoms with Gasteiger partial charge in [0.05, 0.1) is 12.0 Å². The fraction of sp³-hybridized carbons (Fsp3) is 0.500. The number of likely N-dealkylation sites (tertiary alicyclic amines) is 1. The molecule has 3 N–H and O–H groups in total. The summed E-state index contributed by atoms with van der Waals surface area (Å²) in [6, 6.07) is 4.89. The third-order valence-electron chi connectivity index (χ3n) is 3.63. The summed E-state index contributed by atoms with van der Waals surface area (Å²) in [4.78, 5) is 28.9. The van der Waals surface area contributed by atoms with Crippen LogP contribution < -0.4 is 5.73 Å². The van der Waals surface area contributed by atoms with Crippen molar-refractivity contribution in [3.05, 3.63) is 30.1 Å². The average Bonchev–Trinajstić information content (AvgIpc) is 2.47. The van der Waals surface area contributed by atoms with Crippen LogP contribution in [0.15, 0.2) is 24.4 Å². The maximum Gasteiger partial charge on any atom is 0.306 e. The van der Waals surface area contributed by atoms with Crippen molar-refractivity contribution in [2.45, 2.75) is 25.3 Å². The van der Waals surface area contributed by atoms with Crippen LogP contribution in [0, 0.1) is 5.92 Å². The smallest absolute Gasteiger partial charge is 0.306 e. The van der Waals surface area contributed by atoms with Crippen molar-refractivity contribution in [3.63, 3.8) is 0 Å². The number of aromatic nitrogens is 1. The number of aliphatic carboxylic acids is 1. The fourth-order valence-electron chi connectivity index (χ4n) is 2.41. The first-order chi connectivity index (χ1) is 9.58. The molecule has 1 fully saturated rings. The molecular formula is C14H19N3O3. The van der Waals surface area contributed by atoms with Crippen LogP contribution in [0.2, 0.25) is 0 Å².